The summed E-state index contributed by atoms with van der Waals surface area (Å²) in [5, 5.41) is 3.27. The number of rotatable bonds is 5. The summed E-state index contributed by atoms with van der Waals surface area (Å²) in [6.45, 7) is 12.2. The van der Waals surface area contributed by atoms with Crippen LogP contribution in [-0.4, -0.2) is 47.2 Å². The van der Waals surface area contributed by atoms with Crippen LogP contribution in [-0.2, 0) is 4.79 Å². The summed E-state index contributed by atoms with van der Waals surface area (Å²) in [6, 6.07) is 6.95. The van der Waals surface area contributed by atoms with Crippen molar-refractivity contribution in [2.45, 2.75) is 47.1 Å². The summed E-state index contributed by atoms with van der Waals surface area (Å²) in [7, 11) is 0. The molecule has 1 aromatic carbocycles. The van der Waals surface area contributed by atoms with Gasteiger partial charge in [0.15, 0.2) is 0 Å². The van der Waals surface area contributed by atoms with Gasteiger partial charge in [0.25, 0.3) is 0 Å². The number of carbonyl (C=O) groups excluding carboxylic acids is 1. The van der Waals surface area contributed by atoms with Gasteiger partial charge in [-0.15, -0.1) is 0 Å². The van der Waals surface area contributed by atoms with Crippen LogP contribution in [0.4, 0.5) is 4.39 Å². The summed E-state index contributed by atoms with van der Waals surface area (Å²) >= 11 is 0. The van der Waals surface area contributed by atoms with Gasteiger partial charge in [-0.25, -0.2) is 9.38 Å². The van der Waals surface area contributed by atoms with E-state index in [0.29, 0.717) is 24.5 Å². The number of hydrogen-bond donors (Lipinski definition) is 1. The predicted molar refractivity (Wildman–Crippen MR) is 125 cm³/mol. The first-order valence-electron chi connectivity index (χ1n) is 11.1. The van der Waals surface area contributed by atoms with E-state index in [1.54, 1.807) is 18.3 Å². The molecule has 2 aliphatic heterocycles. The Labute approximate surface area is 185 Å². The molecule has 0 spiro atoms. The van der Waals surface area contributed by atoms with E-state index in [1.165, 1.54) is 6.07 Å². The van der Waals surface area contributed by atoms with E-state index in [2.05, 4.69) is 36.0 Å². The molecule has 1 unspecified atom stereocenters. The standard InChI is InChI=1S/C25H33FN4O/c1-6-7-12-27-24-23(21(15-28-24)20-10-8-9-11-22(20)26)19(5)30-14-13-29(16-18(30)4)25(31)17(2)3/h7-12,15,17-18H,6,13-14,16H2,1-5H3,(H,27,28)/b12-7+,23-19+. The van der Waals surface area contributed by atoms with Crippen LogP contribution in [0.25, 0.3) is 5.57 Å². The van der Waals surface area contributed by atoms with Crippen LogP contribution in [0.1, 0.15) is 46.6 Å². The van der Waals surface area contributed by atoms with Crippen LogP contribution in [0, 0.1) is 11.7 Å². The van der Waals surface area contributed by atoms with Crippen LogP contribution in [0.2, 0.25) is 0 Å². The zero-order valence-corrected chi connectivity index (χ0v) is 19.2. The molecule has 1 atom stereocenters. The zero-order chi connectivity index (χ0) is 22.5. The average molecular weight is 425 g/mol. The van der Waals surface area contributed by atoms with Crippen molar-refractivity contribution in [2.75, 3.05) is 19.6 Å². The van der Waals surface area contributed by atoms with Crippen molar-refractivity contribution >= 4 is 17.3 Å². The lowest BCUT2D eigenvalue weighted by Crippen LogP contribution is -2.54. The fourth-order valence-electron chi connectivity index (χ4n) is 4.17. The van der Waals surface area contributed by atoms with Gasteiger partial charge in [-0.1, -0.05) is 45.0 Å². The third kappa shape index (κ3) is 4.89. The van der Waals surface area contributed by atoms with Crippen molar-refractivity contribution in [3.05, 3.63) is 65.4 Å². The van der Waals surface area contributed by atoms with Crippen molar-refractivity contribution in [3.63, 3.8) is 0 Å². The second-order valence-corrected chi connectivity index (χ2v) is 8.40. The van der Waals surface area contributed by atoms with Gasteiger partial charge in [0, 0.05) is 60.2 Å². The Morgan fingerprint density at radius 2 is 2.06 bits per heavy atom. The molecule has 1 aromatic rings. The summed E-state index contributed by atoms with van der Waals surface area (Å²) < 4.78 is 14.6. The number of nitrogens with zero attached hydrogens (tertiary/aromatic N) is 3. The minimum absolute atomic E-state index is 0.00286. The number of halogens is 1. The SMILES string of the molecule is CC/C=C/NC1=NC=C(c2ccccc2F)/C1=C(/C)N1CCN(C(=O)C(C)C)CC1C. The van der Waals surface area contributed by atoms with Gasteiger partial charge in [-0.2, -0.15) is 0 Å². The Hall–Kier alpha value is -2.89. The first-order valence-corrected chi connectivity index (χ1v) is 11.1. The number of benzene rings is 1. The Bertz CT molecular complexity index is 945. The van der Waals surface area contributed by atoms with Gasteiger partial charge in [0.1, 0.15) is 11.7 Å². The van der Waals surface area contributed by atoms with Crippen LogP contribution in [0.15, 0.2) is 59.0 Å². The Balaban J connectivity index is 1.94. The van der Waals surface area contributed by atoms with Crippen LogP contribution >= 0.6 is 0 Å². The van der Waals surface area contributed by atoms with E-state index < -0.39 is 0 Å². The lowest BCUT2D eigenvalue weighted by atomic mass is 9.96. The van der Waals surface area contributed by atoms with Gasteiger partial charge in [0.05, 0.1) is 0 Å². The molecule has 1 amide bonds. The quantitative estimate of drug-likeness (QED) is 0.754. The monoisotopic (exact) mass is 424 g/mol. The molecular formula is C25H33FN4O. The molecular weight excluding hydrogens is 391 g/mol. The number of nitrogens with one attached hydrogen (secondary N) is 1. The average Bonchev–Trinajstić information content (AvgIpc) is 3.16. The minimum atomic E-state index is -0.264. The number of hydrogen-bond acceptors (Lipinski definition) is 4. The maximum absolute atomic E-state index is 14.6. The minimum Gasteiger partial charge on any atom is -0.368 e. The van der Waals surface area contributed by atoms with Gasteiger partial charge < -0.3 is 15.1 Å². The molecule has 1 fully saturated rings. The first-order chi connectivity index (χ1) is 14.8. The van der Waals surface area contributed by atoms with E-state index in [-0.39, 0.29) is 23.7 Å². The second-order valence-electron chi connectivity index (χ2n) is 8.40. The fraction of sp³-hybridized carbons (Fsp3) is 0.440. The lowest BCUT2D eigenvalue weighted by Gasteiger charge is -2.43. The summed E-state index contributed by atoms with van der Waals surface area (Å²) in [5.41, 5.74) is 3.25. The van der Waals surface area contributed by atoms with E-state index in [0.717, 1.165) is 29.8 Å². The highest BCUT2D eigenvalue weighted by atomic mass is 19.1. The van der Waals surface area contributed by atoms with E-state index in [9.17, 15) is 9.18 Å². The van der Waals surface area contributed by atoms with Crippen molar-refractivity contribution in [2.24, 2.45) is 10.9 Å². The van der Waals surface area contributed by atoms with Crippen molar-refractivity contribution in [1.29, 1.82) is 0 Å². The molecule has 3 rings (SSSR count). The molecule has 5 nitrogen and oxygen atoms in total. The third-order valence-electron chi connectivity index (χ3n) is 5.79. The van der Waals surface area contributed by atoms with Crippen molar-refractivity contribution in [1.82, 2.24) is 15.1 Å². The smallest absolute Gasteiger partial charge is 0.225 e. The number of amidine groups is 1. The number of piperazine rings is 1. The number of carbonyl (C=O) groups is 1. The number of allylic oxidation sites excluding steroid dienone is 2. The molecule has 31 heavy (non-hydrogen) atoms. The number of aliphatic imine (C=N–C) groups is 1. The Morgan fingerprint density at radius 3 is 2.71 bits per heavy atom. The highest BCUT2D eigenvalue weighted by molar-refractivity contribution is 6.16. The second kappa shape index (κ2) is 9.94. The lowest BCUT2D eigenvalue weighted by molar-refractivity contribution is -0.136. The topological polar surface area (TPSA) is 47.9 Å². The first kappa shape index (κ1) is 22.8. The van der Waals surface area contributed by atoms with Crippen molar-refractivity contribution < 1.29 is 9.18 Å². The molecule has 0 bridgehead atoms. The molecule has 0 radical (unpaired) electrons. The maximum Gasteiger partial charge on any atom is 0.225 e. The fourth-order valence-corrected chi connectivity index (χ4v) is 4.17. The molecule has 0 aromatic heterocycles. The van der Waals surface area contributed by atoms with E-state index in [4.69, 9.17) is 0 Å². The maximum atomic E-state index is 14.6. The predicted octanol–water partition coefficient (Wildman–Crippen LogP) is 4.55. The van der Waals surface area contributed by atoms with Crippen LogP contribution in [0.5, 0.6) is 0 Å². The van der Waals surface area contributed by atoms with Gasteiger partial charge >= 0.3 is 0 Å². The Kier molecular flexibility index (Phi) is 7.31. The zero-order valence-electron chi connectivity index (χ0n) is 19.2. The molecule has 0 aliphatic carbocycles. The molecule has 2 heterocycles. The molecule has 2 aliphatic rings. The molecule has 0 saturated carbocycles. The molecule has 1 saturated heterocycles. The molecule has 6 heteroatoms. The summed E-state index contributed by atoms with van der Waals surface area (Å²) in [4.78, 5) is 21.3. The highest BCUT2D eigenvalue weighted by Crippen LogP contribution is 2.34. The largest absolute Gasteiger partial charge is 0.368 e. The van der Waals surface area contributed by atoms with Gasteiger partial charge in [0.2, 0.25) is 5.91 Å². The van der Waals surface area contributed by atoms with E-state index >= 15 is 0 Å². The number of amides is 1. The normalized spacial score (nSPS) is 20.9. The highest BCUT2D eigenvalue weighted by Gasteiger charge is 2.31. The van der Waals surface area contributed by atoms with Crippen LogP contribution < -0.4 is 5.32 Å². The molecule has 166 valence electrons. The summed E-state index contributed by atoms with van der Waals surface area (Å²) in [5.74, 6) is 0.642. The van der Waals surface area contributed by atoms with Gasteiger partial charge in [-0.05, 0) is 32.5 Å². The van der Waals surface area contributed by atoms with Gasteiger partial charge in [-0.3, -0.25) is 4.79 Å². The Morgan fingerprint density at radius 1 is 1.32 bits per heavy atom. The third-order valence-corrected chi connectivity index (χ3v) is 5.79. The van der Waals surface area contributed by atoms with Crippen molar-refractivity contribution in [3.8, 4) is 0 Å². The molecule has 1 N–H and O–H groups in total. The summed E-state index contributed by atoms with van der Waals surface area (Å²) in [6.07, 6.45) is 6.56. The van der Waals surface area contributed by atoms with E-state index in [1.807, 2.05) is 37.1 Å². The van der Waals surface area contributed by atoms with Crippen LogP contribution in [0.3, 0.4) is 0 Å².